The lowest BCUT2D eigenvalue weighted by molar-refractivity contribution is 0.0690. The number of aromatic nitrogens is 2. The van der Waals surface area contributed by atoms with Crippen LogP contribution in [0.3, 0.4) is 0 Å². The first-order chi connectivity index (χ1) is 8.56. The predicted molar refractivity (Wildman–Crippen MR) is 70.4 cm³/mol. The lowest BCUT2D eigenvalue weighted by Crippen LogP contribution is -2.08. The Kier molecular flexibility index (Phi) is 3.78. The molecule has 0 spiro atoms. The van der Waals surface area contributed by atoms with Gasteiger partial charge in [-0.1, -0.05) is 11.6 Å². The Morgan fingerprint density at radius 2 is 2.22 bits per heavy atom. The van der Waals surface area contributed by atoms with Gasteiger partial charge in [-0.25, -0.2) is 14.8 Å². The monoisotopic (exact) mass is 283 g/mol. The molecule has 0 saturated carbocycles. The minimum atomic E-state index is -1.09. The third-order valence-electron chi connectivity index (χ3n) is 2.26. The van der Waals surface area contributed by atoms with Crippen LogP contribution in [0.2, 0.25) is 4.34 Å². The molecule has 2 rings (SSSR count). The van der Waals surface area contributed by atoms with Crippen molar-refractivity contribution >= 4 is 34.7 Å². The fourth-order valence-electron chi connectivity index (χ4n) is 1.37. The molecule has 0 radical (unpaired) electrons. The smallest absolute Gasteiger partial charge is 0.356 e. The summed E-state index contributed by atoms with van der Waals surface area (Å²) in [6, 6.07) is 3.80. The summed E-state index contributed by atoms with van der Waals surface area (Å²) in [5.74, 6) is -0.566. The van der Waals surface area contributed by atoms with Crippen molar-refractivity contribution in [2.75, 3.05) is 5.32 Å². The van der Waals surface area contributed by atoms with Gasteiger partial charge in [0, 0.05) is 4.88 Å². The first-order valence-corrected chi connectivity index (χ1v) is 6.33. The van der Waals surface area contributed by atoms with Crippen LogP contribution >= 0.6 is 22.9 Å². The number of halogens is 1. The highest BCUT2D eigenvalue weighted by atomic mass is 35.5. The van der Waals surface area contributed by atoms with Crippen LogP contribution in [-0.2, 0) is 0 Å². The van der Waals surface area contributed by atoms with Crippen molar-refractivity contribution in [3.05, 3.63) is 39.4 Å². The van der Waals surface area contributed by atoms with Crippen molar-refractivity contribution in [3.8, 4) is 0 Å². The Morgan fingerprint density at radius 1 is 1.44 bits per heavy atom. The maximum Gasteiger partial charge on any atom is 0.356 e. The number of anilines is 1. The van der Waals surface area contributed by atoms with E-state index in [1.807, 2.05) is 19.1 Å². The number of carboxylic acids is 1. The van der Waals surface area contributed by atoms with Crippen molar-refractivity contribution in [2.24, 2.45) is 0 Å². The fourth-order valence-corrected chi connectivity index (χ4v) is 2.43. The SMILES string of the molecule is CC(Nc1cnc(C(=O)O)cn1)c1ccc(Cl)s1. The topological polar surface area (TPSA) is 75.1 Å². The van der Waals surface area contributed by atoms with Gasteiger partial charge in [0.05, 0.1) is 22.8 Å². The Bertz CT molecular complexity index is 556. The van der Waals surface area contributed by atoms with E-state index in [1.165, 1.54) is 23.7 Å². The van der Waals surface area contributed by atoms with Gasteiger partial charge in [0.2, 0.25) is 0 Å². The van der Waals surface area contributed by atoms with Gasteiger partial charge in [-0.15, -0.1) is 11.3 Å². The average Bonchev–Trinajstić information content (AvgIpc) is 2.76. The highest BCUT2D eigenvalue weighted by molar-refractivity contribution is 7.16. The zero-order valence-electron chi connectivity index (χ0n) is 9.42. The quantitative estimate of drug-likeness (QED) is 0.902. The molecule has 0 amide bonds. The number of hydrogen-bond donors (Lipinski definition) is 2. The summed E-state index contributed by atoms with van der Waals surface area (Å²) >= 11 is 7.34. The van der Waals surface area contributed by atoms with Crippen molar-refractivity contribution in [1.29, 1.82) is 0 Å². The van der Waals surface area contributed by atoms with E-state index in [-0.39, 0.29) is 11.7 Å². The Labute approximate surface area is 112 Å². The molecule has 2 N–H and O–H groups in total. The second kappa shape index (κ2) is 5.32. The molecule has 0 aliphatic carbocycles. The summed E-state index contributed by atoms with van der Waals surface area (Å²) in [6.45, 7) is 1.97. The highest BCUT2D eigenvalue weighted by Gasteiger charge is 2.10. The van der Waals surface area contributed by atoms with Crippen LogP contribution in [0, 0.1) is 0 Å². The molecular formula is C11H10ClN3O2S. The third kappa shape index (κ3) is 2.96. The molecule has 0 fully saturated rings. The molecule has 0 aliphatic rings. The number of carbonyl (C=O) groups is 1. The van der Waals surface area contributed by atoms with Crippen LogP contribution in [0.1, 0.15) is 28.3 Å². The summed E-state index contributed by atoms with van der Waals surface area (Å²) < 4.78 is 0.728. The largest absolute Gasteiger partial charge is 0.476 e. The lowest BCUT2D eigenvalue weighted by atomic mass is 10.3. The number of hydrogen-bond acceptors (Lipinski definition) is 5. The molecule has 1 unspecified atom stereocenters. The van der Waals surface area contributed by atoms with Crippen molar-refractivity contribution in [3.63, 3.8) is 0 Å². The summed E-state index contributed by atoms with van der Waals surface area (Å²) in [6.07, 6.45) is 2.62. The molecule has 2 heterocycles. The van der Waals surface area contributed by atoms with E-state index in [4.69, 9.17) is 16.7 Å². The number of nitrogens with zero attached hydrogens (tertiary/aromatic N) is 2. The van der Waals surface area contributed by atoms with Crippen LogP contribution in [-0.4, -0.2) is 21.0 Å². The first-order valence-electron chi connectivity index (χ1n) is 5.13. The van der Waals surface area contributed by atoms with Crippen LogP contribution in [0.4, 0.5) is 5.82 Å². The summed E-state index contributed by atoms with van der Waals surface area (Å²) in [5, 5.41) is 11.8. The minimum absolute atomic E-state index is 0.0347. The van der Waals surface area contributed by atoms with E-state index in [0.717, 1.165) is 9.21 Å². The van der Waals surface area contributed by atoms with E-state index in [0.29, 0.717) is 5.82 Å². The average molecular weight is 284 g/mol. The van der Waals surface area contributed by atoms with Crippen molar-refractivity contribution in [2.45, 2.75) is 13.0 Å². The van der Waals surface area contributed by atoms with Crippen molar-refractivity contribution in [1.82, 2.24) is 9.97 Å². The molecule has 0 aromatic carbocycles. The molecule has 5 nitrogen and oxygen atoms in total. The Morgan fingerprint density at radius 3 is 2.72 bits per heavy atom. The van der Waals surface area contributed by atoms with Gasteiger partial charge < -0.3 is 10.4 Å². The molecule has 0 aliphatic heterocycles. The minimum Gasteiger partial charge on any atom is -0.476 e. The van der Waals surface area contributed by atoms with E-state index in [9.17, 15) is 4.79 Å². The lowest BCUT2D eigenvalue weighted by Gasteiger charge is -2.12. The van der Waals surface area contributed by atoms with Crippen LogP contribution in [0.5, 0.6) is 0 Å². The third-order valence-corrected chi connectivity index (χ3v) is 3.67. The van der Waals surface area contributed by atoms with Gasteiger partial charge >= 0.3 is 5.97 Å². The predicted octanol–water partition coefficient (Wildman–Crippen LogP) is 3.06. The summed E-state index contributed by atoms with van der Waals surface area (Å²) in [5.41, 5.74) is -0.0765. The molecule has 0 bridgehead atoms. The van der Waals surface area contributed by atoms with E-state index >= 15 is 0 Å². The zero-order valence-corrected chi connectivity index (χ0v) is 11.0. The summed E-state index contributed by atoms with van der Waals surface area (Å²) in [7, 11) is 0. The van der Waals surface area contributed by atoms with Gasteiger partial charge in [-0.3, -0.25) is 0 Å². The highest BCUT2D eigenvalue weighted by Crippen LogP contribution is 2.28. The maximum absolute atomic E-state index is 10.6. The van der Waals surface area contributed by atoms with E-state index in [1.54, 1.807) is 0 Å². The molecule has 2 aromatic heterocycles. The van der Waals surface area contributed by atoms with Gasteiger partial charge in [-0.05, 0) is 19.1 Å². The first kappa shape index (κ1) is 12.8. The van der Waals surface area contributed by atoms with Gasteiger partial charge in [0.25, 0.3) is 0 Å². The molecule has 18 heavy (non-hydrogen) atoms. The zero-order chi connectivity index (χ0) is 13.1. The second-order valence-corrected chi connectivity index (χ2v) is 5.35. The van der Waals surface area contributed by atoms with E-state index < -0.39 is 5.97 Å². The number of carboxylic acid groups (broad SMARTS) is 1. The summed E-state index contributed by atoms with van der Waals surface area (Å²) in [4.78, 5) is 19.5. The molecule has 0 saturated heterocycles. The maximum atomic E-state index is 10.6. The van der Waals surface area contributed by atoms with Crippen molar-refractivity contribution < 1.29 is 9.90 Å². The number of thiophene rings is 1. The molecule has 7 heteroatoms. The standard InChI is InChI=1S/C11H10ClN3O2S/c1-6(8-2-3-9(12)18-8)15-10-5-13-7(4-14-10)11(16)17/h2-6H,1H3,(H,14,15)(H,16,17). The Balaban J connectivity index is 2.07. The number of rotatable bonds is 4. The normalized spacial score (nSPS) is 12.1. The van der Waals surface area contributed by atoms with Crippen LogP contribution in [0.15, 0.2) is 24.5 Å². The second-order valence-electron chi connectivity index (χ2n) is 3.60. The van der Waals surface area contributed by atoms with Crippen LogP contribution < -0.4 is 5.32 Å². The van der Waals surface area contributed by atoms with Gasteiger partial charge in [0.15, 0.2) is 5.69 Å². The van der Waals surface area contributed by atoms with Crippen LogP contribution in [0.25, 0.3) is 0 Å². The molecule has 1 atom stereocenters. The molecular weight excluding hydrogens is 274 g/mol. The fraction of sp³-hybridized carbons (Fsp3) is 0.182. The number of nitrogens with one attached hydrogen (secondary N) is 1. The Hall–Kier alpha value is -1.66. The van der Waals surface area contributed by atoms with Gasteiger partial charge in [-0.2, -0.15) is 0 Å². The van der Waals surface area contributed by atoms with Gasteiger partial charge in [0.1, 0.15) is 5.82 Å². The van der Waals surface area contributed by atoms with E-state index in [2.05, 4.69) is 15.3 Å². The molecule has 2 aromatic rings. The number of aromatic carboxylic acids is 1. The molecule has 94 valence electrons.